The fourth-order valence-corrected chi connectivity index (χ4v) is 5.59. The van der Waals surface area contributed by atoms with Gasteiger partial charge in [-0.1, -0.05) is 0 Å². The van der Waals surface area contributed by atoms with Gasteiger partial charge in [-0.3, -0.25) is 0 Å². The zero-order valence-electron chi connectivity index (χ0n) is 11.4. The molecule has 1 saturated heterocycles. The lowest BCUT2D eigenvalue weighted by Crippen LogP contribution is -2.47. The van der Waals surface area contributed by atoms with E-state index >= 15 is 0 Å². The number of nitrogens with zero attached hydrogens (tertiary/aromatic N) is 1. The van der Waals surface area contributed by atoms with Crippen molar-refractivity contribution < 1.29 is 16.8 Å². The largest absolute Gasteiger partial charge is 0.399 e. The fraction of sp³-hybridized carbons (Fsp3) is 0.455. The quantitative estimate of drug-likeness (QED) is 0.725. The predicted octanol–water partition coefficient (Wildman–Crippen LogP) is -0.160. The first-order valence-corrected chi connectivity index (χ1v) is 10.7. The second kappa shape index (κ2) is 5.67. The number of hydrogen-bond acceptors (Lipinski definition) is 7. The number of thioether (sulfide) groups is 1. The van der Waals surface area contributed by atoms with E-state index < -0.39 is 25.2 Å². The van der Waals surface area contributed by atoms with E-state index in [1.165, 1.54) is 18.4 Å². The number of sulfone groups is 1. The smallest absolute Gasteiger partial charge is 0.238 e. The number of anilines is 2. The molecule has 0 spiro atoms. The van der Waals surface area contributed by atoms with Crippen LogP contribution in [-0.4, -0.2) is 46.5 Å². The normalized spacial score (nSPS) is 20.5. The van der Waals surface area contributed by atoms with Crippen LogP contribution in [0, 0.1) is 0 Å². The molecule has 4 N–H and O–H groups in total. The van der Waals surface area contributed by atoms with Crippen molar-refractivity contribution in [2.75, 3.05) is 34.9 Å². The maximum absolute atomic E-state index is 11.9. The van der Waals surface area contributed by atoms with E-state index in [-0.39, 0.29) is 10.6 Å². The molecule has 1 atom stereocenters. The van der Waals surface area contributed by atoms with E-state index in [0.717, 1.165) is 5.75 Å². The molecule has 2 rings (SSSR count). The average molecular weight is 351 g/mol. The highest BCUT2D eigenvalue weighted by molar-refractivity contribution is 8.01. The van der Waals surface area contributed by atoms with Crippen LogP contribution >= 0.6 is 11.8 Å². The van der Waals surface area contributed by atoms with Gasteiger partial charge in [0.25, 0.3) is 0 Å². The second-order valence-corrected chi connectivity index (χ2v) is 9.77. The summed E-state index contributed by atoms with van der Waals surface area (Å²) in [5.41, 5.74) is 6.39. The van der Waals surface area contributed by atoms with Crippen LogP contribution in [0.25, 0.3) is 0 Å². The summed E-state index contributed by atoms with van der Waals surface area (Å²) in [6.45, 7) is 0.496. The molecule has 1 aromatic carbocycles. The van der Waals surface area contributed by atoms with Crippen LogP contribution in [0.1, 0.15) is 0 Å². The first-order valence-electron chi connectivity index (χ1n) is 6.05. The lowest BCUT2D eigenvalue weighted by Gasteiger charge is -2.36. The Morgan fingerprint density at radius 1 is 1.24 bits per heavy atom. The Hall–Kier alpha value is -0.970. The highest BCUT2D eigenvalue weighted by atomic mass is 32.2. The second-order valence-electron chi connectivity index (χ2n) is 4.86. The van der Waals surface area contributed by atoms with Gasteiger partial charge in [0.15, 0.2) is 9.84 Å². The van der Waals surface area contributed by atoms with Crippen molar-refractivity contribution in [2.45, 2.75) is 10.3 Å². The van der Waals surface area contributed by atoms with E-state index in [1.54, 1.807) is 22.7 Å². The molecule has 0 aliphatic carbocycles. The van der Waals surface area contributed by atoms with Crippen LogP contribution < -0.4 is 15.8 Å². The summed E-state index contributed by atoms with van der Waals surface area (Å²) >= 11 is 1.55. The van der Waals surface area contributed by atoms with E-state index in [9.17, 15) is 16.8 Å². The Morgan fingerprint density at radius 2 is 1.90 bits per heavy atom. The van der Waals surface area contributed by atoms with Crippen molar-refractivity contribution in [2.24, 2.45) is 5.14 Å². The summed E-state index contributed by atoms with van der Waals surface area (Å²) in [6, 6.07) is 4.18. The average Bonchev–Trinajstić information content (AvgIpc) is 2.36. The van der Waals surface area contributed by atoms with Gasteiger partial charge in [0.2, 0.25) is 10.0 Å². The van der Waals surface area contributed by atoms with Crippen LogP contribution in [0.4, 0.5) is 11.4 Å². The summed E-state index contributed by atoms with van der Waals surface area (Å²) in [7, 11) is -7.20. The SMILES string of the molecule is CS(=O)(=O)C1CSCCN1c1cc(N)cc(S(N)(=O)=O)c1. The van der Waals surface area contributed by atoms with Crippen molar-refractivity contribution in [1.29, 1.82) is 0 Å². The van der Waals surface area contributed by atoms with E-state index in [2.05, 4.69) is 0 Å². The van der Waals surface area contributed by atoms with Gasteiger partial charge in [-0.25, -0.2) is 22.0 Å². The highest BCUT2D eigenvalue weighted by Crippen LogP contribution is 2.30. The van der Waals surface area contributed by atoms with E-state index in [0.29, 0.717) is 18.0 Å². The van der Waals surface area contributed by atoms with Gasteiger partial charge in [0, 0.05) is 35.7 Å². The number of hydrogen-bond donors (Lipinski definition) is 2. The number of nitrogen functional groups attached to an aromatic ring is 1. The molecule has 1 unspecified atom stereocenters. The lowest BCUT2D eigenvalue weighted by atomic mass is 10.2. The van der Waals surface area contributed by atoms with Crippen molar-refractivity contribution in [1.82, 2.24) is 0 Å². The summed E-state index contributed by atoms with van der Waals surface area (Å²) in [5, 5.41) is 4.42. The summed E-state index contributed by atoms with van der Waals surface area (Å²) in [6.07, 6.45) is 1.17. The molecule has 1 aliphatic rings. The Morgan fingerprint density at radius 3 is 2.48 bits per heavy atom. The number of rotatable bonds is 3. The van der Waals surface area contributed by atoms with Crippen molar-refractivity contribution >= 4 is 43.0 Å². The summed E-state index contributed by atoms with van der Waals surface area (Å²) in [4.78, 5) is 1.54. The third-order valence-electron chi connectivity index (χ3n) is 3.15. The predicted molar refractivity (Wildman–Crippen MR) is 85.5 cm³/mol. The maximum Gasteiger partial charge on any atom is 0.238 e. The van der Waals surface area contributed by atoms with E-state index in [4.69, 9.17) is 10.9 Å². The van der Waals surface area contributed by atoms with Crippen molar-refractivity contribution in [3.63, 3.8) is 0 Å². The highest BCUT2D eigenvalue weighted by Gasteiger charge is 2.31. The number of sulfonamides is 1. The van der Waals surface area contributed by atoms with Gasteiger partial charge in [0.05, 0.1) is 4.90 Å². The zero-order chi connectivity index (χ0) is 15.8. The number of nitrogens with two attached hydrogens (primary N) is 2. The monoisotopic (exact) mass is 351 g/mol. The molecule has 1 heterocycles. The van der Waals surface area contributed by atoms with Gasteiger partial charge in [-0.15, -0.1) is 0 Å². The summed E-state index contributed by atoms with van der Waals surface area (Å²) in [5.74, 6) is 1.18. The van der Waals surface area contributed by atoms with Gasteiger partial charge in [0.1, 0.15) is 5.37 Å². The van der Waals surface area contributed by atoms with Crippen molar-refractivity contribution in [3.05, 3.63) is 18.2 Å². The zero-order valence-corrected chi connectivity index (χ0v) is 13.8. The first kappa shape index (κ1) is 16.4. The fourth-order valence-electron chi connectivity index (χ4n) is 2.17. The Labute approximate surface area is 128 Å². The topological polar surface area (TPSA) is 124 Å². The number of benzene rings is 1. The van der Waals surface area contributed by atoms with Crippen LogP contribution in [0.3, 0.4) is 0 Å². The Kier molecular flexibility index (Phi) is 4.43. The molecule has 1 fully saturated rings. The lowest BCUT2D eigenvalue weighted by molar-refractivity contribution is 0.584. The molecule has 0 amide bonds. The molecule has 1 aromatic rings. The van der Waals surface area contributed by atoms with Gasteiger partial charge in [-0.2, -0.15) is 11.8 Å². The molecular formula is C11H17N3O4S3. The number of primary sulfonamides is 1. The molecule has 21 heavy (non-hydrogen) atoms. The summed E-state index contributed by atoms with van der Waals surface area (Å²) < 4.78 is 46.8. The Balaban J connectivity index is 2.51. The van der Waals surface area contributed by atoms with Gasteiger partial charge in [-0.05, 0) is 18.2 Å². The molecule has 118 valence electrons. The third-order valence-corrected chi connectivity index (χ3v) is 6.69. The Bertz CT molecular complexity index is 746. The maximum atomic E-state index is 11.9. The van der Waals surface area contributed by atoms with Crippen molar-refractivity contribution in [3.8, 4) is 0 Å². The molecule has 10 heteroatoms. The van der Waals surface area contributed by atoms with Gasteiger partial charge >= 0.3 is 0 Å². The van der Waals surface area contributed by atoms with Crippen LogP contribution in [-0.2, 0) is 19.9 Å². The molecule has 0 aromatic heterocycles. The molecule has 0 radical (unpaired) electrons. The standard InChI is InChI=1S/C11H17N3O4S3/c1-20(15,16)11-7-19-3-2-14(11)9-4-8(12)5-10(6-9)21(13,17)18/h4-6,11H,2-3,7,12H2,1H3,(H2,13,17,18). The van der Waals surface area contributed by atoms with Crippen LogP contribution in [0.5, 0.6) is 0 Å². The molecule has 0 saturated carbocycles. The van der Waals surface area contributed by atoms with Crippen LogP contribution in [0.15, 0.2) is 23.1 Å². The minimum Gasteiger partial charge on any atom is -0.399 e. The third kappa shape index (κ3) is 3.82. The molecule has 1 aliphatic heterocycles. The first-order chi connectivity index (χ1) is 9.59. The van der Waals surface area contributed by atoms with Gasteiger partial charge < -0.3 is 10.6 Å². The molecular weight excluding hydrogens is 334 g/mol. The van der Waals surface area contributed by atoms with E-state index in [1.807, 2.05) is 0 Å². The molecule has 7 nitrogen and oxygen atoms in total. The molecule has 0 bridgehead atoms. The minimum atomic E-state index is -3.90. The minimum absolute atomic E-state index is 0.122. The van der Waals surface area contributed by atoms with Crippen LogP contribution in [0.2, 0.25) is 0 Å².